The molecule has 21 heavy (non-hydrogen) atoms. The van der Waals surface area contributed by atoms with E-state index >= 15 is 0 Å². The highest BCUT2D eigenvalue weighted by Crippen LogP contribution is 2.33. The van der Waals surface area contributed by atoms with Gasteiger partial charge in [0.25, 0.3) is 5.91 Å². The fourth-order valence-corrected chi connectivity index (χ4v) is 2.88. The highest BCUT2D eigenvalue weighted by Gasteiger charge is 2.16. The van der Waals surface area contributed by atoms with E-state index < -0.39 is 15.9 Å². The van der Waals surface area contributed by atoms with Crippen LogP contribution in [0.2, 0.25) is 10.0 Å². The SMILES string of the molecule is NS(=O)(=O)c1cc(Cl)c(NC(=O)c2ccccc2)c(Cl)c1. The lowest BCUT2D eigenvalue weighted by Gasteiger charge is -2.11. The third kappa shape index (κ3) is 3.74. The zero-order chi connectivity index (χ0) is 15.6. The zero-order valence-corrected chi connectivity index (χ0v) is 12.8. The van der Waals surface area contributed by atoms with Crippen LogP contribution in [0.4, 0.5) is 5.69 Å². The molecule has 0 saturated carbocycles. The van der Waals surface area contributed by atoms with Gasteiger partial charge in [0.15, 0.2) is 0 Å². The van der Waals surface area contributed by atoms with Crippen LogP contribution in [-0.4, -0.2) is 14.3 Å². The molecule has 1 amide bonds. The summed E-state index contributed by atoms with van der Waals surface area (Å²) in [5.41, 5.74) is 0.541. The van der Waals surface area contributed by atoms with Gasteiger partial charge in [0.2, 0.25) is 10.0 Å². The van der Waals surface area contributed by atoms with Gasteiger partial charge in [-0.1, -0.05) is 41.4 Å². The maximum Gasteiger partial charge on any atom is 0.255 e. The van der Waals surface area contributed by atoms with Crippen molar-refractivity contribution >= 4 is 44.8 Å². The van der Waals surface area contributed by atoms with Crippen molar-refractivity contribution in [1.82, 2.24) is 0 Å². The molecule has 3 N–H and O–H groups in total. The van der Waals surface area contributed by atoms with Crippen LogP contribution >= 0.6 is 23.2 Å². The van der Waals surface area contributed by atoms with Gasteiger partial charge < -0.3 is 5.32 Å². The molecule has 0 heterocycles. The Morgan fingerprint density at radius 3 is 2.05 bits per heavy atom. The molecule has 0 bridgehead atoms. The van der Waals surface area contributed by atoms with Crippen molar-refractivity contribution in [1.29, 1.82) is 0 Å². The second-order valence-corrected chi connectivity index (χ2v) is 6.50. The van der Waals surface area contributed by atoms with Crippen molar-refractivity contribution < 1.29 is 13.2 Å². The predicted molar refractivity (Wildman–Crippen MR) is 82.2 cm³/mol. The molecule has 0 aliphatic carbocycles. The van der Waals surface area contributed by atoms with E-state index in [0.29, 0.717) is 5.56 Å². The van der Waals surface area contributed by atoms with E-state index in [0.717, 1.165) is 12.1 Å². The Morgan fingerprint density at radius 1 is 1.05 bits per heavy atom. The molecule has 2 rings (SSSR count). The molecule has 0 spiro atoms. The van der Waals surface area contributed by atoms with Crippen LogP contribution < -0.4 is 10.5 Å². The summed E-state index contributed by atoms with van der Waals surface area (Å²) in [4.78, 5) is 11.8. The lowest BCUT2D eigenvalue weighted by molar-refractivity contribution is 0.102. The van der Waals surface area contributed by atoms with Crippen LogP contribution in [0.1, 0.15) is 10.4 Å². The first-order valence-corrected chi connectivity index (χ1v) is 7.97. The van der Waals surface area contributed by atoms with Crippen molar-refractivity contribution in [2.45, 2.75) is 4.90 Å². The van der Waals surface area contributed by atoms with E-state index in [1.807, 2.05) is 0 Å². The summed E-state index contributed by atoms with van der Waals surface area (Å²) < 4.78 is 22.5. The quantitative estimate of drug-likeness (QED) is 0.896. The molecule has 0 aliphatic heterocycles. The summed E-state index contributed by atoms with van der Waals surface area (Å²) in [6.45, 7) is 0. The van der Waals surface area contributed by atoms with Gasteiger partial charge in [-0.3, -0.25) is 4.79 Å². The van der Waals surface area contributed by atoms with Crippen LogP contribution in [0.3, 0.4) is 0 Å². The van der Waals surface area contributed by atoms with Gasteiger partial charge in [0.05, 0.1) is 20.6 Å². The normalized spacial score (nSPS) is 11.2. The monoisotopic (exact) mass is 344 g/mol. The summed E-state index contributed by atoms with van der Waals surface area (Å²) in [5, 5.41) is 7.50. The van der Waals surface area contributed by atoms with Crippen LogP contribution in [0, 0.1) is 0 Å². The second-order valence-electron chi connectivity index (χ2n) is 4.13. The van der Waals surface area contributed by atoms with Crippen molar-refractivity contribution in [2.24, 2.45) is 5.14 Å². The third-order valence-corrected chi connectivity index (χ3v) is 4.11. The van der Waals surface area contributed by atoms with E-state index in [1.54, 1.807) is 30.3 Å². The lowest BCUT2D eigenvalue weighted by atomic mass is 10.2. The van der Waals surface area contributed by atoms with Gasteiger partial charge in [-0.2, -0.15) is 0 Å². The molecular formula is C13H10Cl2N2O3S. The van der Waals surface area contributed by atoms with E-state index in [9.17, 15) is 13.2 Å². The van der Waals surface area contributed by atoms with Crippen LogP contribution in [0.15, 0.2) is 47.4 Å². The van der Waals surface area contributed by atoms with Crippen LogP contribution in [0.25, 0.3) is 0 Å². The number of anilines is 1. The standard InChI is InChI=1S/C13H10Cl2N2O3S/c14-10-6-9(21(16,19)20)7-11(15)12(10)17-13(18)8-4-2-1-3-5-8/h1-7H,(H,17,18)(H2,16,19,20). The van der Waals surface area contributed by atoms with Gasteiger partial charge in [-0.15, -0.1) is 0 Å². The molecular weight excluding hydrogens is 335 g/mol. The number of nitrogens with two attached hydrogens (primary N) is 1. The van der Waals surface area contributed by atoms with Crippen molar-refractivity contribution in [3.8, 4) is 0 Å². The van der Waals surface area contributed by atoms with Crippen molar-refractivity contribution in [2.75, 3.05) is 5.32 Å². The zero-order valence-electron chi connectivity index (χ0n) is 10.5. The highest BCUT2D eigenvalue weighted by molar-refractivity contribution is 7.89. The van der Waals surface area contributed by atoms with Crippen LogP contribution in [0.5, 0.6) is 0 Å². The molecule has 2 aromatic carbocycles. The second kappa shape index (κ2) is 6.03. The number of sulfonamides is 1. The average molecular weight is 345 g/mol. The largest absolute Gasteiger partial charge is 0.319 e. The fourth-order valence-electron chi connectivity index (χ4n) is 1.61. The number of halogens is 2. The Hall–Kier alpha value is -1.60. The Labute approximate surface area is 131 Å². The molecule has 8 heteroatoms. The topological polar surface area (TPSA) is 89.3 Å². The lowest BCUT2D eigenvalue weighted by Crippen LogP contribution is -2.15. The van der Waals surface area contributed by atoms with Crippen LogP contribution in [-0.2, 0) is 10.0 Å². The fraction of sp³-hybridized carbons (Fsp3) is 0. The van der Waals surface area contributed by atoms with Crippen molar-refractivity contribution in [3.05, 3.63) is 58.1 Å². The van der Waals surface area contributed by atoms with Gasteiger partial charge in [-0.05, 0) is 24.3 Å². The maximum atomic E-state index is 12.0. The number of amides is 1. The highest BCUT2D eigenvalue weighted by atomic mass is 35.5. The Kier molecular flexibility index (Phi) is 4.53. The first kappa shape index (κ1) is 15.8. The summed E-state index contributed by atoms with van der Waals surface area (Å²) in [5.74, 6) is -0.414. The minimum atomic E-state index is -3.93. The number of carbonyl (C=O) groups excluding carboxylic acids is 1. The number of hydrogen-bond acceptors (Lipinski definition) is 3. The predicted octanol–water partition coefficient (Wildman–Crippen LogP) is 2.89. The summed E-state index contributed by atoms with van der Waals surface area (Å²) in [6, 6.07) is 10.7. The minimum absolute atomic E-state index is 0.0178. The molecule has 0 aromatic heterocycles. The minimum Gasteiger partial charge on any atom is -0.319 e. The summed E-state index contributed by atoms with van der Waals surface area (Å²) in [7, 11) is -3.93. The molecule has 0 saturated heterocycles. The van der Waals surface area contributed by atoms with E-state index in [-0.39, 0.29) is 20.6 Å². The molecule has 110 valence electrons. The Bertz CT molecular complexity index is 769. The number of nitrogens with one attached hydrogen (secondary N) is 1. The molecule has 0 unspecified atom stereocenters. The maximum absolute atomic E-state index is 12.0. The molecule has 5 nitrogen and oxygen atoms in total. The first-order valence-electron chi connectivity index (χ1n) is 5.67. The van der Waals surface area contributed by atoms with E-state index in [1.165, 1.54) is 0 Å². The molecule has 0 fully saturated rings. The van der Waals surface area contributed by atoms with Gasteiger partial charge >= 0.3 is 0 Å². The number of carbonyl (C=O) groups is 1. The first-order chi connectivity index (χ1) is 9.79. The summed E-state index contributed by atoms with van der Waals surface area (Å²) >= 11 is 11.9. The Balaban J connectivity index is 2.36. The average Bonchev–Trinajstić information content (AvgIpc) is 2.42. The third-order valence-electron chi connectivity index (χ3n) is 2.62. The van der Waals surface area contributed by atoms with E-state index in [2.05, 4.69) is 5.32 Å². The van der Waals surface area contributed by atoms with Gasteiger partial charge in [-0.25, -0.2) is 13.6 Å². The molecule has 0 atom stereocenters. The van der Waals surface area contributed by atoms with Gasteiger partial charge in [0, 0.05) is 5.56 Å². The molecule has 0 radical (unpaired) electrons. The molecule has 0 aliphatic rings. The number of primary sulfonamides is 1. The smallest absolute Gasteiger partial charge is 0.255 e. The number of rotatable bonds is 3. The van der Waals surface area contributed by atoms with Gasteiger partial charge in [0.1, 0.15) is 0 Å². The summed E-state index contributed by atoms with van der Waals surface area (Å²) in [6.07, 6.45) is 0. The van der Waals surface area contributed by atoms with E-state index in [4.69, 9.17) is 28.3 Å². The number of hydrogen-bond donors (Lipinski definition) is 2. The Morgan fingerprint density at radius 2 is 1.57 bits per heavy atom. The number of benzene rings is 2. The molecule has 2 aromatic rings. The van der Waals surface area contributed by atoms with Crippen molar-refractivity contribution in [3.63, 3.8) is 0 Å².